The van der Waals surface area contributed by atoms with Gasteiger partial charge in [-0.2, -0.15) is 0 Å². The average molecular weight is 429 g/mol. The number of morpholine rings is 1. The maximum atomic E-state index is 9.80. The number of aromatic nitrogens is 4. The van der Waals surface area contributed by atoms with Gasteiger partial charge < -0.3 is 14.7 Å². The zero-order chi connectivity index (χ0) is 20.5. The molecule has 5 rings (SSSR count). The maximum absolute atomic E-state index is 9.80. The number of anilines is 1. The van der Waals surface area contributed by atoms with E-state index in [2.05, 4.69) is 24.8 Å². The Kier molecular flexibility index (Phi) is 5.56. The molecule has 4 heterocycles. The average Bonchev–Trinajstić information content (AvgIpc) is 3.45. The molecule has 1 N–H and O–H groups in total. The van der Waals surface area contributed by atoms with Crippen molar-refractivity contribution in [3.05, 3.63) is 47.5 Å². The third-order valence-electron chi connectivity index (χ3n) is 5.80. The number of nitrogens with zero attached hydrogens (tertiary/aromatic N) is 6. The molecule has 2 atom stereocenters. The number of hydrogen-bond acceptors (Lipinski definition) is 7. The van der Waals surface area contributed by atoms with Gasteiger partial charge in [-0.1, -0.05) is 23.7 Å². The third-order valence-corrected chi connectivity index (χ3v) is 6.06. The fraction of sp³-hybridized carbons (Fsp3) is 0.476. The molecule has 8 nitrogen and oxygen atoms in total. The standard InChI is InChI=1S/C21H25ClN6O2/c22-16-5-3-15(4-6-16)9-26-10-17(12-29)30-18(11-26)28-14-25-19-20(23-13-24-21(19)28)27-7-1-2-8-27/h3-6,13-14,17-18,29H,1-2,7-12H2/t17-,18+/m0/s1. The van der Waals surface area contributed by atoms with Gasteiger partial charge in [-0.3, -0.25) is 9.47 Å². The molecule has 2 aromatic heterocycles. The fourth-order valence-electron chi connectivity index (χ4n) is 4.33. The summed E-state index contributed by atoms with van der Waals surface area (Å²) in [6.07, 6.45) is 5.18. The highest BCUT2D eigenvalue weighted by molar-refractivity contribution is 6.30. The van der Waals surface area contributed by atoms with Gasteiger partial charge in [0.15, 0.2) is 17.0 Å². The summed E-state index contributed by atoms with van der Waals surface area (Å²) in [5, 5.41) is 10.5. The smallest absolute Gasteiger partial charge is 0.167 e. The second-order valence-electron chi connectivity index (χ2n) is 7.93. The van der Waals surface area contributed by atoms with Gasteiger partial charge in [0.2, 0.25) is 0 Å². The molecule has 158 valence electrons. The predicted octanol–water partition coefficient (Wildman–Crippen LogP) is 2.47. The third kappa shape index (κ3) is 3.88. The molecule has 0 unspecified atom stereocenters. The highest BCUT2D eigenvalue weighted by Crippen LogP contribution is 2.29. The lowest BCUT2D eigenvalue weighted by Crippen LogP contribution is -2.46. The quantitative estimate of drug-likeness (QED) is 0.668. The summed E-state index contributed by atoms with van der Waals surface area (Å²) in [7, 11) is 0. The summed E-state index contributed by atoms with van der Waals surface area (Å²) in [5.74, 6) is 0.892. The topological polar surface area (TPSA) is 79.5 Å². The Bertz CT molecular complexity index is 1000. The van der Waals surface area contributed by atoms with Crippen LogP contribution in [0.1, 0.15) is 24.6 Å². The maximum Gasteiger partial charge on any atom is 0.167 e. The van der Waals surface area contributed by atoms with E-state index in [9.17, 15) is 5.11 Å². The number of halogens is 1. The Morgan fingerprint density at radius 1 is 1.07 bits per heavy atom. The molecular weight excluding hydrogens is 404 g/mol. The van der Waals surface area contributed by atoms with Crippen molar-refractivity contribution in [3.63, 3.8) is 0 Å². The summed E-state index contributed by atoms with van der Waals surface area (Å²) in [6, 6.07) is 7.86. The van der Waals surface area contributed by atoms with Crippen molar-refractivity contribution >= 4 is 28.6 Å². The Hall–Kier alpha value is -2.26. The molecule has 2 fully saturated rings. The molecule has 0 spiro atoms. The van der Waals surface area contributed by atoms with E-state index < -0.39 is 0 Å². The molecule has 30 heavy (non-hydrogen) atoms. The van der Waals surface area contributed by atoms with Crippen molar-refractivity contribution < 1.29 is 9.84 Å². The minimum absolute atomic E-state index is 0.0335. The molecule has 0 bridgehead atoms. The zero-order valence-electron chi connectivity index (χ0n) is 16.7. The first-order valence-corrected chi connectivity index (χ1v) is 10.7. The van der Waals surface area contributed by atoms with Gasteiger partial charge in [-0.25, -0.2) is 15.0 Å². The summed E-state index contributed by atoms with van der Waals surface area (Å²) in [5.41, 5.74) is 2.74. The van der Waals surface area contributed by atoms with Gasteiger partial charge in [-0.05, 0) is 30.5 Å². The molecular formula is C21H25ClN6O2. The van der Waals surface area contributed by atoms with Crippen LogP contribution in [0, 0.1) is 0 Å². The van der Waals surface area contributed by atoms with E-state index in [1.807, 2.05) is 28.8 Å². The van der Waals surface area contributed by atoms with Crippen molar-refractivity contribution in [2.45, 2.75) is 31.7 Å². The second kappa shape index (κ2) is 8.47. The first kappa shape index (κ1) is 19.7. The molecule has 3 aromatic rings. The van der Waals surface area contributed by atoms with E-state index in [1.54, 1.807) is 12.7 Å². The Balaban J connectivity index is 1.41. The Morgan fingerprint density at radius 2 is 1.87 bits per heavy atom. The van der Waals surface area contributed by atoms with Crippen LogP contribution in [0.4, 0.5) is 5.82 Å². The number of fused-ring (bicyclic) bond motifs is 1. The lowest BCUT2D eigenvalue weighted by atomic mass is 10.2. The zero-order valence-corrected chi connectivity index (χ0v) is 17.4. The lowest BCUT2D eigenvalue weighted by molar-refractivity contribution is -0.135. The largest absolute Gasteiger partial charge is 0.394 e. The van der Waals surface area contributed by atoms with Crippen LogP contribution in [0.3, 0.4) is 0 Å². The normalized spacial score (nSPS) is 22.8. The van der Waals surface area contributed by atoms with Crippen LogP contribution in [-0.4, -0.2) is 68.4 Å². The van der Waals surface area contributed by atoms with Gasteiger partial charge in [0, 0.05) is 37.7 Å². The van der Waals surface area contributed by atoms with Crippen LogP contribution in [0.2, 0.25) is 5.02 Å². The molecule has 0 saturated carbocycles. The monoisotopic (exact) mass is 428 g/mol. The molecule has 0 radical (unpaired) electrons. The summed E-state index contributed by atoms with van der Waals surface area (Å²) in [4.78, 5) is 18.2. The first-order chi connectivity index (χ1) is 14.7. The molecule has 2 saturated heterocycles. The number of aliphatic hydroxyl groups is 1. The minimum Gasteiger partial charge on any atom is -0.394 e. The van der Waals surface area contributed by atoms with Crippen LogP contribution in [0.15, 0.2) is 36.9 Å². The molecule has 0 amide bonds. The van der Waals surface area contributed by atoms with Crippen LogP contribution in [0.5, 0.6) is 0 Å². The summed E-state index contributed by atoms with van der Waals surface area (Å²) in [6.45, 7) is 4.06. The number of aliphatic hydroxyl groups excluding tert-OH is 1. The van der Waals surface area contributed by atoms with Gasteiger partial charge in [-0.15, -0.1) is 0 Å². The van der Waals surface area contributed by atoms with Gasteiger partial charge >= 0.3 is 0 Å². The van der Waals surface area contributed by atoms with Crippen LogP contribution in [-0.2, 0) is 11.3 Å². The predicted molar refractivity (Wildman–Crippen MR) is 114 cm³/mol. The number of hydrogen-bond donors (Lipinski definition) is 1. The van der Waals surface area contributed by atoms with E-state index in [4.69, 9.17) is 16.3 Å². The van der Waals surface area contributed by atoms with E-state index in [1.165, 1.54) is 18.4 Å². The summed E-state index contributed by atoms with van der Waals surface area (Å²) < 4.78 is 8.14. The molecule has 0 aliphatic carbocycles. The Labute approximate surface area is 180 Å². The summed E-state index contributed by atoms with van der Waals surface area (Å²) >= 11 is 6.01. The molecule has 1 aromatic carbocycles. The van der Waals surface area contributed by atoms with Crippen molar-refractivity contribution in [2.75, 3.05) is 37.7 Å². The number of benzene rings is 1. The van der Waals surface area contributed by atoms with E-state index >= 15 is 0 Å². The van der Waals surface area contributed by atoms with E-state index in [-0.39, 0.29) is 18.9 Å². The van der Waals surface area contributed by atoms with Crippen LogP contribution in [0.25, 0.3) is 11.2 Å². The van der Waals surface area contributed by atoms with Gasteiger partial charge in [0.1, 0.15) is 12.6 Å². The minimum atomic E-state index is -0.283. The van der Waals surface area contributed by atoms with E-state index in [0.29, 0.717) is 13.1 Å². The van der Waals surface area contributed by atoms with Crippen molar-refractivity contribution in [3.8, 4) is 0 Å². The lowest BCUT2D eigenvalue weighted by Gasteiger charge is -2.38. The van der Waals surface area contributed by atoms with Crippen molar-refractivity contribution in [2.24, 2.45) is 0 Å². The fourth-order valence-corrected chi connectivity index (χ4v) is 4.46. The van der Waals surface area contributed by atoms with Gasteiger partial charge in [0.25, 0.3) is 0 Å². The number of rotatable bonds is 5. The van der Waals surface area contributed by atoms with Crippen molar-refractivity contribution in [1.29, 1.82) is 0 Å². The van der Waals surface area contributed by atoms with Gasteiger partial charge in [0.05, 0.1) is 19.0 Å². The molecule has 2 aliphatic heterocycles. The molecule has 9 heteroatoms. The molecule has 2 aliphatic rings. The number of imidazole rings is 1. The van der Waals surface area contributed by atoms with Crippen LogP contribution >= 0.6 is 11.6 Å². The number of ether oxygens (including phenoxy) is 1. The second-order valence-corrected chi connectivity index (χ2v) is 8.37. The highest BCUT2D eigenvalue weighted by Gasteiger charge is 2.30. The Morgan fingerprint density at radius 3 is 2.63 bits per heavy atom. The van der Waals surface area contributed by atoms with E-state index in [0.717, 1.165) is 41.6 Å². The van der Waals surface area contributed by atoms with Crippen molar-refractivity contribution in [1.82, 2.24) is 24.4 Å². The first-order valence-electron chi connectivity index (χ1n) is 10.4. The highest BCUT2D eigenvalue weighted by atomic mass is 35.5. The van der Waals surface area contributed by atoms with Crippen LogP contribution < -0.4 is 4.90 Å². The SMILES string of the molecule is OC[C@@H]1CN(Cc2ccc(Cl)cc2)C[C@H](n2cnc3c(N4CCCC4)ncnc32)O1.